The van der Waals surface area contributed by atoms with Crippen LogP contribution in [0.4, 0.5) is 10.1 Å². The monoisotopic (exact) mass is 397 g/mol. The molecule has 2 saturated heterocycles. The summed E-state index contributed by atoms with van der Waals surface area (Å²) in [5.74, 6) is -0.428. The number of sulfone groups is 1. The molecule has 0 bridgehead atoms. The lowest BCUT2D eigenvalue weighted by molar-refractivity contribution is -0.133. The van der Waals surface area contributed by atoms with Crippen molar-refractivity contribution in [3.8, 4) is 0 Å². The minimum absolute atomic E-state index is 0.0130. The maximum atomic E-state index is 13.2. The SMILES string of the molecule is O=C(CN1CCN(C(=O)C[C@@H]2CCS(=O)(=O)C2)CC1)Nc1cccc(F)c1. The van der Waals surface area contributed by atoms with Gasteiger partial charge in [-0.15, -0.1) is 0 Å². The van der Waals surface area contributed by atoms with Crippen molar-refractivity contribution >= 4 is 27.3 Å². The van der Waals surface area contributed by atoms with Gasteiger partial charge < -0.3 is 10.2 Å². The number of carbonyl (C=O) groups is 2. The number of nitrogens with zero attached hydrogens (tertiary/aromatic N) is 2. The number of hydrogen-bond donors (Lipinski definition) is 1. The van der Waals surface area contributed by atoms with Crippen LogP contribution in [-0.2, 0) is 19.4 Å². The molecule has 0 saturated carbocycles. The van der Waals surface area contributed by atoms with Crippen LogP contribution in [0.15, 0.2) is 24.3 Å². The van der Waals surface area contributed by atoms with Gasteiger partial charge in [-0.2, -0.15) is 0 Å². The molecule has 0 spiro atoms. The van der Waals surface area contributed by atoms with E-state index < -0.39 is 15.7 Å². The van der Waals surface area contributed by atoms with Gasteiger partial charge in [-0.05, 0) is 30.5 Å². The van der Waals surface area contributed by atoms with E-state index in [1.54, 1.807) is 11.0 Å². The van der Waals surface area contributed by atoms with Crippen LogP contribution in [0.3, 0.4) is 0 Å². The van der Waals surface area contributed by atoms with E-state index in [1.165, 1.54) is 18.2 Å². The zero-order valence-corrected chi connectivity index (χ0v) is 15.9. The van der Waals surface area contributed by atoms with Crippen molar-refractivity contribution in [3.05, 3.63) is 30.1 Å². The first kappa shape index (κ1) is 19.8. The maximum absolute atomic E-state index is 13.2. The second-order valence-corrected chi connectivity index (χ2v) is 9.42. The number of benzene rings is 1. The molecule has 1 aromatic carbocycles. The number of hydrogen-bond acceptors (Lipinski definition) is 5. The largest absolute Gasteiger partial charge is 0.340 e. The fourth-order valence-electron chi connectivity index (χ4n) is 3.53. The summed E-state index contributed by atoms with van der Waals surface area (Å²) in [4.78, 5) is 28.1. The molecular weight excluding hydrogens is 373 g/mol. The Bertz CT molecular complexity index is 807. The van der Waals surface area contributed by atoms with Crippen molar-refractivity contribution in [1.82, 2.24) is 9.80 Å². The highest BCUT2D eigenvalue weighted by atomic mass is 32.2. The van der Waals surface area contributed by atoms with Crippen LogP contribution in [0, 0.1) is 11.7 Å². The molecule has 0 aliphatic carbocycles. The molecule has 148 valence electrons. The topological polar surface area (TPSA) is 86.8 Å². The molecule has 2 heterocycles. The van der Waals surface area contributed by atoms with Gasteiger partial charge in [0.25, 0.3) is 0 Å². The van der Waals surface area contributed by atoms with Gasteiger partial charge >= 0.3 is 0 Å². The van der Waals surface area contributed by atoms with Gasteiger partial charge in [-0.3, -0.25) is 14.5 Å². The molecule has 1 aromatic rings. The van der Waals surface area contributed by atoms with Crippen LogP contribution in [0.1, 0.15) is 12.8 Å². The zero-order valence-electron chi connectivity index (χ0n) is 15.1. The Hall–Kier alpha value is -2.00. The van der Waals surface area contributed by atoms with Crippen LogP contribution in [-0.4, -0.2) is 74.3 Å². The van der Waals surface area contributed by atoms with E-state index in [1.807, 2.05) is 4.90 Å². The standard InChI is InChI=1S/C18H24FN3O4S/c19-15-2-1-3-16(11-15)20-17(23)12-21-5-7-22(8-6-21)18(24)10-14-4-9-27(25,26)13-14/h1-3,11,14H,4-10,12-13H2,(H,20,23)/t14-/m0/s1. The number of anilines is 1. The lowest BCUT2D eigenvalue weighted by Crippen LogP contribution is -2.50. The molecule has 0 unspecified atom stereocenters. The number of piperazine rings is 1. The third-order valence-electron chi connectivity index (χ3n) is 4.99. The van der Waals surface area contributed by atoms with Gasteiger partial charge in [0.2, 0.25) is 11.8 Å². The summed E-state index contributed by atoms with van der Waals surface area (Å²) in [6, 6.07) is 5.73. The van der Waals surface area contributed by atoms with E-state index in [0.717, 1.165) is 0 Å². The fraction of sp³-hybridized carbons (Fsp3) is 0.556. The summed E-state index contributed by atoms with van der Waals surface area (Å²) >= 11 is 0. The molecule has 2 amide bonds. The third kappa shape index (κ3) is 5.74. The second-order valence-electron chi connectivity index (χ2n) is 7.19. The average Bonchev–Trinajstić information content (AvgIpc) is 2.94. The Morgan fingerprint density at radius 3 is 2.56 bits per heavy atom. The first-order valence-corrected chi connectivity index (χ1v) is 10.9. The summed E-state index contributed by atoms with van der Waals surface area (Å²) in [6.45, 7) is 2.37. The van der Waals surface area contributed by atoms with E-state index in [9.17, 15) is 22.4 Å². The molecule has 0 radical (unpaired) electrons. The highest BCUT2D eigenvalue weighted by Crippen LogP contribution is 2.22. The van der Waals surface area contributed by atoms with E-state index in [-0.39, 0.29) is 42.2 Å². The first-order chi connectivity index (χ1) is 12.8. The molecule has 1 N–H and O–H groups in total. The molecule has 2 fully saturated rings. The number of nitrogens with one attached hydrogen (secondary N) is 1. The van der Waals surface area contributed by atoms with Crippen LogP contribution in [0.2, 0.25) is 0 Å². The number of rotatable bonds is 5. The molecule has 0 aromatic heterocycles. The molecule has 3 rings (SSSR count). The summed E-state index contributed by atoms with van der Waals surface area (Å²) in [7, 11) is -2.97. The Morgan fingerprint density at radius 2 is 1.93 bits per heavy atom. The molecule has 1 atom stereocenters. The smallest absolute Gasteiger partial charge is 0.238 e. The number of halogens is 1. The lowest BCUT2D eigenvalue weighted by atomic mass is 10.0. The van der Waals surface area contributed by atoms with E-state index in [4.69, 9.17) is 0 Å². The second kappa shape index (κ2) is 8.35. The quantitative estimate of drug-likeness (QED) is 0.792. The maximum Gasteiger partial charge on any atom is 0.238 e. The van der Waals surface area contributed by atoms with Gasteiger partial charge in [-0.1, -0.05) is 6.07 Å². The van der Waals surface area contributed by atoms with Crippen molar-refractivity contribution in [3.63, 3.8) is 0 Å². The Morgan fingerprint density at radius 1 is 1.19 bits per heavy atom. The van der Waals surface area contributed by atoms with Crippen LogP contribution >= 0.6 is 0 Å². The number of amides is 2. The molecule has 7 nitrogen and oxygen atoms in total. The highest BCUT2D eigenvalue weighted by Gasteiger charge is 2.31. The fourth-order valence-corrected chi connectivity index (χ4v) is 5.40. The van der Waals surface area contributed by atoms with Gasteiger partial charge in [0.15, 0.2) is 9.84 Å². The minimum Gasteiger partial charge on any atom is -0.340 e. The van der Waals surface area contributed by atoms with Crippen LogP contribution < -0.4 is 5.32 Å². The van der Waals surface area contributed by atoms with Gasteiger partial charge in [0.1, 0.15) is 5.82 Å². The van der Waals surface area contributed by atoms with E-state index in [2.05, 4.69) is 5.32 Å². The van der Waals surface area contributed by atoms with Crippen molar-refractivity contribution in [2.75, 3.05) is 49.5 Å². The van der Waals surface area contributed by atoms with Gasteiger partial charge in [0.05, 0.1) is 18.1 Å². The predicted octanol–water partition coefficient (Wildman–Crippen LogP) is 0.733. The molecule has 2 aliphatic rings. The van der Waals surface area contributed by atoms with Gasteiger partial charge in [-0.25, -0.2) is 12.8 Å². The van der Waals surface area contributed by atoms with Crippen LogP contribution in [0.5, 0.6) is 0 Å². The van der Waals surface area contributed by atoms with Crippen molar-refractivity contribution < 1.29 is 22.4 Å². The van der Waals surface area contributed by atoms with Crippen molar-refractivity contribution in [2.45, 2.75) is 12.8 Å². The molecule has 2 aliphatic heterocycles. The lowest BCUT2D eigenvalue weighted by Gasteiger charge is -2.34. The zero-order chi connectivity index (χ0) is 19.4. The Kier molecular flexibility index (Phi) is 6.11. The molecule has 27 heavy (non-hydrogen) atoms. The summed E-state index contributed by atoms with van der Waals surface area (Å²) in [6.07, 6.45) is 0.841. The van der Waals surface area contributed by atoms with Crippen molar-refractivity contribution in [1.29, 1.82) is 0 Å². The normalized spacial score (nSPS) is 22.6. The summed E-state index contributed by atoms with van der Waals surface area (Å²) in [5, 5.41) is 2.66. The van der Waals surface area contributed by atoms with E-state index in [0.29, 0.717) is 38.3 Å². The Labute approximate surface area is 158 Å². The highest BCUT2D eigenvalue weighted by molar-refractivity contribution is 7.91. The molecular formula is C18H24FN3O4S. The average molecular weight is 397 g/mol. The predicted molar refractivity (Wildman–Crippen MR) is 99.4 cm³/mol. The summed E-state index contributed by atoms with van der Waals surface area (Å²) < 4.78 is 36.2. The van der Waals surface area contributed by atoms with Crippen molar-refractivity contribution in [2.24, 2.45) is 5.92 Å². The van der Waals surface area contributed by atoms with E-state index >= 15 is 0 Å². The number of carbonyl (C=O) groups excluding carboxylic acids is 2. The van der Waals surface area contributed by atoms with Gasteiger partial charge in [0, 0.05) is 38.3 Å². The first-order valence-electron chi connectivity index (χ1n) is 9.07. The van der Waals surface area contributed by atoms with Crippen LogP contribution in [0.25, 0.3) is 0 Å². The third-order valence-corrected chi connectivity index (χ3v) is 6.83. The minimum atomic E-state index is -2.97. The molecule has 9 heteroatoms. The summed E-state index contributed by atoms with van der Waals surface area (Å²) in [5.41, 5.74) is 0.417. The Balaban J connectivity index is 1.40.